The van der Waals surface area contributed by atoms with Crippen LogP contribution >= 0.6 is 7.82 Å². The molecule has 2 N–H and O–H groups in total. The highest BCUT2D eigenvalue weighted by Gasteiger charge is 2.63. The molecule has 0 bridgehead atoms. The predicted molar refractivity (Wildman–Crippen MR) is 135 cm³/mol. The van der Waals surface area contributed by atoms with Crippen LogP contribution in [-0.4, -0.2) is 15.9 Å². The lowest BCUT2D eigenvalue weighted by Gasteiger charge is -2.60. The molecule has 0 heterocycles. The summed E-state index contributed by atoms with van der Waals surface area (Å²) in [7, 11) is -4.42. The van der Waals surface area contributed by atoms with E-state index in [1.807, 2.05) is 0 Å². The highest BCUT2D eigenvalue weighted by atomic mass is 31.2. The molecule has 0 saturated heterocycles. The van der Waals surface area contributed by atoms with Crippen LogP contribution in [0.1, 0.15) is 112 Å². The van der Waals surface area contributed by atoms with Crippen LogP contribution in [0.2, 0.25) is 0 Å². The fraction of sp³-hybridized carbons (Fsp3) is 0.929. The summed E-state index contributed by atoms with van der Waals surface area (Å²) in [5.41, 5.74) is 2.48. The van der Waals surface area contributed by atoms with E-state index in [-0.39, 0.29) is 11.5 Å². The van der Waals surface area contributed by atoms with E-state index in [0.29, 0.717) is 23.2 Å². The van der Waals surface area contributed by atoms with Crippen molar-refractivity contribution in [2.45, 2.75) is 118 Å². The number of rotatable bonds is 7. The molecule has 0 aliphatic heterocycles. The molecule has 0 amide bonds. The van der Waals surface area contributed by atoms with Gasteiger partial charge < -0.3 is 9.79 Å². The number of allylic oxidation sites excluding steroid dienone is 1. The Hall–Kier alpha value is -0.150. The van der Waals surface area contributed by atoms with Gasteiger partial charge in [0, 0.05) is 0 Å². The third-order valence-corrected chi connectivity index (χ3v) is 12.1. The fourth-order valence-corrected chi connectivity index (χ4v) is 9.74. The van der Waals surface area contributed by atoms with Crippen molar-refractivity contribution in [2.75, 3.05) is 0 Å². The van der Waals surface area contributed by atoms with E-state index in [9.17, 15) is 14.4 Å². The van der Waals surface area contributed by atoms with Crippen molar-refractivity contribution in [2.24, 2.45) is 45.8 Å². The van der Waals surface area contributed by atoms with Crippen molar-refractivity contribution >= 4 is 7.82 Å². The van der Waals surface area contributed by atoms with Crippen LogP contribution in [0, 0.1) is 45.8 Å². The first-order valence-corrected chi connectivity index (χ1v) is 15.3. The number of hydrogen-bond donors (Lipinski definition) is 2. The highest BCUT2D eigenvalue weighted by molar-refractivity contribution is 7.46. The maximum absolute atomic E-state index is 11.4. The number of fused-ring (bicyclic) bond motifs is 5. The van der Waals surface area contributed by atoms with E-state index in [1.54, 1.807) is 0 Å². The van der Waals surface area contributed by atoms with E-state index < -0.39 is 7.82 Å². The molecule has 33 heavy (non-hydrogen) atoms. The first kappa shape index (κ1) is 25.9. The molecule has 190 valence electrons. The summed E-state index contributed by atoms with van der Waals surface area (Å²) < 4.78 is 16.5. The second kappa shape index (κ2) is 9.06. The van der Waals surface area contributed by atoms with Gasteiger partial charge in [0.05, 0.1) is 6.10 Å². The Bertz CT molecular complexity index is 802. The Balaban J connectivity index is 1.51. The van der Waals surface area contributed by atoms with Crippen LogP contribution < -0.4 is 0 Å². The van der Waals surface area contributed by atoms with Crippen LogP contribution in [0.4, 0.5) is 0 Å². The second-order valence-corrected chi connectivity index (χ2v) is 14.6. The lowest BCUT2D eigenvalue weighted by Crippen LogP contribution is -2.53. The number of hydrogen-bond acceptors (Lipinski definition) is 2. The lowest BCUT2D eigenvalue weighted by atomic mass is 9.44. The Morgan fingerprint density at radius 3 is 2.39 bits per heavy atom. The van der Waals surface area contributed by atoms with Crippen molar-refractivity contribution in [1.29, 1.82) is 0 Å². The van der Waals surface area contributed by atoms with Gasteiger partial charge in [0.2, 0.25) is 0 Å². The Labute approximate surface area is 202 Å². The Kier molecular flexibility index (Phi) is 7.12. The number of phosphoric acid groups is 1. The molecule has 4 aliphatic rings. The van der Waals surface area contributed by atoms with Crippen molar-refractivity contribution in [3.05, 3.63) is 11.6 Å². The quantitative estimate of drug-likeness (QED) is 0.287. The van der Waals surface area contributed by atoms with Gasteiger partial charge in [-0.15, -0.1) is 0 Å². The molecule has 0 aromatic heterocycles. The summed E-state index contributed by atoms with van der Waals surface area (Å²) >= 11 is 0. The molecule has 1 unspecified atom stereocenters. The van der Waals surface area contributed by atoms with Crippen LogP contribution in [0.15, 0.2) is 11.6 Å². The van der Waals surface area contributed by atoms with E-state index in [2.05, 4.69) is 47.6 Å². The second-order valence-electron chi connectivity index (χ2n) is 13.4. The zero-order chi connectivity index (χ0) is 24.2. The third kappa shape index (κ3) is 4.56. The molecule has 4 rings (SSSR count). The molecule has 3 fully saturated rings. The van der Waals surface area contributed by atoms with Gasteiger partial charge in [-0.05, 0) is 97.2 Å². The van der Waals surface area contributed by atoms with Gasteiger partial charge in [0.1, 0.15) is 0 Å². The number of phosphoric ester groups is 1. The third-order valence-electron chi connectivity index (χ3n) is 11.5. The minimum absolute atomic E-state index is 0.181. The molecule has 4 nitrogen and oxygen atoms in total. The van der Waals surface area contributed by atoms with Gasteiger partial charge in [-0.3, -0.25) is 4.52 Å². The molecule has 0 spiro atoms. The van der Waals surface area contributed by atoms with Crippen molar-refractivity contribution in [1.82, 2.24) is 0 Å². The Morgan fingerprint density at radius 1 is 1.03 bits per heavy atom. The highest BCUT2D eigenvalue weighted by Crippen LogP contribution is 2.71. The minimum atomic E-state index is -4.42. The summed E-state index contributed by atoms with van der Waals surface area (Å²) in [6.07, 6.45) is 15.2. The van der Waals surface area contributed by atoms with Gasteiger partial charge in [0.25, 0.3) is 0 Å². The van der Waals surface area contributed by atoms with Crippen LogP contribution in [-0.2, 0) is 9.09 Å². The minimum Gasteiger partial charge on any atom is -0.303 e. The van der Waals surface area contributed by atoms with Crippen molar-refractivity contribution in [3.8, 4) is 0 Å². The molecule has 4 aliphatic carbocycles. The van der Waals surface area contributed by atoms with E-state index in [1.165, 1.54) is 50.5 Å². The van der Waals surface area contributed by atoms with Gasteiger partial charge in [-0.2, -0.15) is 0 Å². The fourth-order valence-electron chi connectivity index (χ4n) is 9.17. The molecule has 3 saturated carbocycles. The standard InChI is InChI=1S/C28H49O4P/c1-19(2)8-7-9-20(3)27(5)16-14-25-23-11-10-21-18-22(32-33(29,30)31)12-15-26(21,4)24(23)13-17-28(25,27)6/h10,19-20,22-25H,7-9,11-18H2,1-6H3,(H2,29,30,31)/t20-,22-,23?,24+,25+,26+,27-,28+/m1/s1. The zero-order valence-electron chi connectivity index (χ0n) is 22.0. The first-order valence-electron chi connectivity index (χ1n) is 13.7. The largest absolute Gasteiger partial charge is 0.469 e. The summed E-state index contributed by atoms with van der Waals surface area (Å²) in [5.74, 6) is 3.88. The molecule has 8 atom stereocenters. The summed E-state index contributed by atoms with van der Waals surface area (Å²) in [6.45, 7) is 15.0. The SMILES string of the molecule is CC(C)CCC[C@@H](C)[C@@]1(C)CC[C@H]2C3CC=C4C[C@H](OP(=O)(O)O)CC[C@]4(C)[C@H]3CC[C@@]21C. The smallest absolute Gasteiger partial charge is 0.303 e. The van der Waals surface area contributed by atoms with Crippen LogP contribution in [0.25, 0.3) is 0 Å². The van der Waals surface area contributed by atoms with Gasteiger partial charge in [-0.1, -0.05) is 72.5 Å². The zero-order valence-corrected chi connectivity index (χ0v) is 22.9. The molecule has 0 aromatic carbocycles. The van der Waals surface area contributed by atoms with Gasteiger partial charge in [-0.25, -0.2) is 4.57 Å². The van der Waals surface area contributed by atoms with Gasteiger partial charge >= 0.3 is 7.82 Å². The normalized spacial score (nSPS) is 44.1. The van der Waals surface area contributed by atoms with Crippen LogP contribution in [0.5, 0.6) is 0 Å². The average Bonchev–Trinajstić information content (AvgIpc) is 2.99. The molecule has 0 aromatic rings. The van der Waals surface area contributed by atoms with Crippen molar-refractivity contribution < 1.29 is 18.9 Å². The van der Waals surface area contributed by atoms with E-state index in [4.69, 9.17) is 4.52 Å². The lowest BCUT2D eigenvalue weighted by molar-refractivity contribution is -0.0887. The predicted octanol–water partition coefficient (Wildman–Crippen LogP) is 7.90. The van der Waals surface area contributed by atoms with E-state index >= 15 is 0 Å². The van der Waals surface area contributed by atoms with Gasteiger partial charge in [0.15, 0.2) is 0 Å². The van der Waals surface area contributed by atoms with E-state index in [0.717, 1.165) is 42.9 Å². The Morgan fingerprint density at radius 2 is 1.73 bits per heavy atom. The van der Waals surface area contributed by atoms with Crippen LogP contribution in [0.3, 0.4) is 0 Å². The molecule has 5 heteroatoms. The summed E-state index contributed by atoms with van der Waals surface area (Å²) in [6, 6.07) is 0. The topological polar surface area (TPSA) is 66.8 Å². The first-order chi connectivity index (χ1) is 15.3. The maximum atomic E-state index is 11.4. The molecule has 0 radical (unpaired) electrons. The van der Waals surface area contributed by atoms with Crippen molar-refractivity contribution in [3.63, 3.8) is 0 Å². The summed E-state index contributed by atoms with van der Waals surface area (Å²) in [4.78, 5) is 18.6. The monoisotopic (exact) mass is 480 g/mol. The summed E-state index contributed by atoms with van der Waals surface area (Å²) in [5, 5.41) is 0. The average molecular weight is 481 g/mol. The maximum Gasteiger partial charge on any atom is 0.469 e. The molecular formula is C28H49O4P. The molecular weight excluding hydrogens is 431 g/mol.